The Morgan fingerprint density at radius 1 is 1.00 bits per heavy atom. The second-order valence-corrected chi connectivity index (χ2v) is 5.39. The zero-order valence-electron chi connectivity index (χ0n) is 10.5. The van der Waals surface area contributed by atoms with Crippen LogP contribution in [0.2, 0.25) is 0 Å². The van der Waals surface area contributed by atoms with Gasteiger partial charge in [-0.3, -0.25) is 4.98 Å². The zero-order chi connectivity index (χ0) is 12.1. The van der Waals surface area contributed by atoms with Gasteiger partial charge in [0, 0.05) is 17.8 Å². The number of fused-ring (bicyclic) bond motifs is 3. The molecule has 0 N–H and O–H groups in total. The summed E-state index contributed by atoms with van der Waals surface area (Å²) in [5, 5.41) is 5.38. The summed E-state index contributed by atoms with van der Waals surface area (Å²) in [6.07, 6.45) is 6.61. The van der Waals surface area contributed by atoms with E-state index in [2.05, 4.69) is 42.2 Å². The summed E-state index contributed by atoms with van der Waals surface area (Å²) in [7, 11) is 0. The van der Waals surface area contributed by atoms with E-state index >= 15 is 0 Å². The molecule has 3 aromatic rings. The van der Waals surface area contributed by atoms with Crippen LogP contribution in [0.15, 0.2) is 42.7 Å². The van der Waals surface area contributed by atoms with Gasteiger partial charge in [0.2, 0.25) is 0 Å². The molecule has 2 aromatic carbocycles. The van der Waals surface area contributed by atoms with E-state index in [4.69, 9.17) is 0 Å². The van der Waals surface area contributed by atoms with Crippen LogP contribution in [0.1, 0.15) is 29.9 Å². The lowest BCUT2D eigenvalue weighted by Crippen LogP contribution is -1.87. The maximum Gasteiger partial charge on any atom is 0.0352 e. The number of hydrogen-bond donors (Lipinski definition) is 0. The summed E-state index contributed by atoms with van der Waals surface area (Å²) >= 11 is 0. The van der Waals surface area contributed by atoms with Gasteiger partial charge < -0.3 is 0 Å². The molecule has 0 amide bonds. The Morgan fingerprint density at radius 3 is 2.72 bits per heavy atom. The van der Waals surface area contributed by atoms with E-state index in [0.717, 1.165) is 5.92 Å². The molecule has 0 atom stereocenters. The van der Waals surface area contributed by atoms with Crippen LogP contribution in [0.25, 0.3) is 21.5 Å². The second kappa shape index (κ2) is 3.55. The standard InChI is InChI=1S/C17H15N/c1-11-2-5-14-13(8-11)9-16(12-3-4-12)15-6-7-18-10-17(14)15/h2,5-10,12H,3-4H2,1H3. The molecule has 4 rings (SSSR count). The van der Waals surface area contributed by atoms with Crippen LogP contribution in [0.5, 0.6) is 0 Å². The Hall–Kier alpha value is -1.89. The minimum absolute atomic E-state index is 0.778. The summed E-state index contributed by atoms with van der Waals surface area (Å²) in [5.74, 6) is 0.778. The van der Waals surface area contributed by atoms with E-state index in [1.54, 1.807) is 0 Å². The van der Waals surface area contributed by atoms with Crippen molar-refractivity contribution in [2.45, 2.75) is 25.7 Å². The highest BCUT2D eigenvalue weighted by atomic mass is 14.6. The van der Waals surface area contributed by atoms with Gasteiger partial charge in [-0.05, 0) is 53.5 Å². The minimum Gasteiger partial charge on any atom is -0.264 e. The van der Waals surface area contributed by atoms with Crippen LogP contribution < -0.4 is 0 Å². The van der Waals surface area contributed by atoms with Crippen molar-refractivity contribution in [1.29, 1.82) is 0 Å². The fourth-order valence-corrected chi connectivity index (χ4v) is 2.89. The number of pyridine rings is 1. The summed E-state index contributed by atoms with van der Waals surface area (Å²) in [5.41, 5.74) is 2.85. The van der Waals surface area contributed by atoms with Gasteiger partial charge in [-0.2, -0.15) is 0 Å². The van der Waals surface area contributed by atoms with Crippen LogP contribution in [-0.4, -0.2) is 4.98 Å². The molecule has 0 bridgehead atoms. The average Bonchev–Trinajstić information content (AvgIpc) is 3.21. The smallest absolute Gasteiger partial charge is 0.0352 e. The number of benzene rings is 2. The van der Waals surface area contributed by atoms with E-state index < -0.39 is 0 Å². The number of nitrogens with zero attached hydrogens (tertiary/aromatic N) is 1. The molecule has 88 valence electrons. The van der Waals surface area contributed by atoms with E-state index in [0.29, 0.717) is 0 Å². The van der Waals surface area contributed by atoms with Crippen molar-refractivity contribution >= 4 is 21.5 Å². The maximum atomic E-state index is 4.31. The SMILES string of the molecule is Cc1ccc2c(c1)cc(C1CC1)c1ccncc12. The van der Waals surface area contributed by atoms with Gasteiger partial charge >= 0.3 is 0 Å². The minimum atomic E-state index is 0.778. The van der Waals surface area contributed by atoms with Gasteiger partial charge in [-0.25, -0.2) is 0 Å². The Labute approximate surface area is 106 Å². The van der Waals surface area contributed by atoms with Crippen LogP contribution >= 0.6 is 0 Å². The van der Waals surface area contributed by atoms with Gasteiger partial charge in [-0.1, -0.05) is 29.8 Å². The molecule has 0 aliphatic heterocycles. The number of aromatic nitrogens is 1. The fraction of sp³-hybridized carbons (Fsp3) is 0.235. The van der Waals surface area contributed by atoms with E-state index in [1.807, 2.05) is 12.4 Å². The maximum absolute atomic E-state index is 4.31. The molecule has 1 heterocycles. The summed E-state index contributed by atoms with van der Waals surface area (Å²) in [4.78, 5) is 4.31. The highest BCUT2D eigenvalue weighted by molar-refractivity contribution is 6.09. The molecule has 0 unspecified atom stereocenters. The largest absolute Gasteiger partial charge is 0.264 e. The predicted molar refractivity (Wildman–Crippen MR) is 76.0 cm³/mol. The van der Waals surface area contributed by atoms with Gasteiger partial charge in [0.1, 0.15) is 0 Å². The van der Waals surface area contributed by atoms with Gasteiger partial charge in [-0.15, -0.1) is 0 Å². The first kappa shape index (κ1) is 10.1. The predicted octanol–water partition coefficient (Wildman–Crippen LogP) is 4.57. The van der Waals surface area contributed by atoms with Gasteiger partial charge in [0.25, 0.3) is 0 Å². The Kier molecular flexibility index (Phi) is 1.99. The molecule has 1 aliphatic rings. The highest BCUT2D eigenvalue weighted by Gasteiger charge is 2.25. The van der Waals surface area contributed by atoms with E-state index in [9.17, 15) is 0 Å². The topological polar surface area (TPSA) is 12.9 Å². The molecule has 1 saturated carbocycles. The highest BCUT2D eigenvalue weighted by Crippen LogP contribution is 2.44. The Balaban J connectivity index is 2.19. The monoisotopic (exact) mass is 233 g/mol. The molecule has 0 spiro atoms. The molecule has 18 heavy (non-hydrogen) atoms. The number of hydrogen-bond acceptors (Lipinski definition) is 1. The number of rotatable bonds is 1. The normalized spacial score (nSPS) is 15.4. The first-order valence-corrected chi connectivity index (χ1v) is 6.60. The van der Waals surface area contributed by atoms with Crippen molar-refractivity contribution in [2.24, 2.45) is 0 Å². The quantitative estimate of drug-likeness (QED) is 0.561. The molecule has 1 fully saturated rings. The lowest BCUT2D eigenvalue weighted by atomic mass is 9.95. The van der Waals surface area contributed by atoms with Crippen LogP contribution in [0, 0.1) is 6.92 Å². The first-order chi connectivity index (χ1) is 8.83. The molecular formula is C17H15N. The summed E-state index contributed by atoms with van der Waals surface area (Å²) in [6.45, 7) is 2.16. The third-order valence-corrected chi connectivity index (χ3v) is 3.96. The Bertz CT molecular complexity index is 754. The van der Waals surface area contributed by atoms with Crippen LogP contribution in [0.4, 0.5) is 0 Å². The molecule has 0 saturated heterocycles. The van der Waals surface area contributed by atoms with Crippen molar-refractivity contribution < 1.29 is 0 Å². The molecule has 1 heteroatoms. The summed E-state index contributed by atoms with van der Waals surface area (Å²) < 4.78 is 0. The molecular weight excluding hydrogens is 218 g/mol. The molecule has 0 radical (unpaired) electrons. The average molecular weight is 233 g/mol. The van der Waals surface area contributed by atoms with Gasteiger partial charge in [0.15, 0.2) is 0 Å². The zero-order valence-corrected chi connectivity index (χ0v) is 10.5. The summed E-state index contributed by atoms with van der Waals surface area (Å²) in [6, 6.07) is 11.3. The Morgan fingerprint density at radius 2 is 1.89 bits per heavy atom. The third kappa shape index (κ3) is 1.43. The van der Waals surface area contributed by atoms with Crippen molar-refractivity contribution in [3.63, 3.8) is 0 Å². The molecule has 1 nitrogen and oxygen atoms in total. The van der Waals surface area contributed by atoms with Crippen molar-refractivity contribution in [1.82, 2.24) is 4.98 Å². The van der Waals surface area contributed by atoms with Crippen molar-refractivity contribution in [3.05, 3.63) is 53.9 Å². The van der Waals surface area contributed by atoms with E-state index in [-0.39, 0.29) is 0 Å². The molecule has 1 aromatic heterocycles. The fourth-order valence-electron chi connectivity index (χ4n) is 2.89. The number of aryl methyl sites for hydroxylation is 1. The van der Waals surface area contributed by atoms with Crippen molar-refractivity contribution in [3.8, 4) is 0 Å². The van der Waals surface area contributed by atoms with Crippen LogP contribution in [-0.2, 0) is 0 Å². The van der Waals surface area contributed by atoms with Crippen LogP contribution in [0.3, 0.4) is 0 Å². The second-order valence-electron chi connectivity index (χ2n) is 5.39. The lowest BCUT2D eigenvalue weighted by Gasteiger charge is -2.10. The first-order valence-electron chi connectivity index (χ1n) is 6.60. The van der Waals surface area contributed by atoms with E-state index in [1.165, 1.54) is 45.5 Å². The third-order valence-electron chi connectivity index (χ3n) is 3.96. The molecule has 1 aliphatic carbocycles. The lowest BCUT2D eigenvalue weighted by molar-refractivity contribution is 1.15. The van der Waals surface area contributed by atoms with Crippen molar-refractivity contribution in [2.75, 3.05) is 0 Å². The van der Waals surface area contributed by atoms with Gasteiger partial charge in [0.05, 0.1) is 0 Å².